The molecule has 1 unspecified atom stereocenters. The molecule has 102 valence electrons. The highest BCUT2D eigenvalue weighted by molar-refractivity contribution is 5.83. The highest BCUT2D eigenvalue weighted by Crippen LogP contribution is 2.26. The number of benzene rings is 3. The van der Waals surface area contributed by atoms with Crippen molar-refractivity contribution in [2.75, 3.05) is 0 Å². The zero-order valence-electron chi connectivity index (χ0n) is 12.5. The molecule has 0 radical (unpaired) electrons. The lowest BCUT2D eigenvalue weighted by Crippen LogP contribution is -1.95. The van der Waals surface area contributed by atoms with E-state index >= 15 is 0 Å². The van der Waals surface area contributed by atoms with Gasteiger partial charge in [-0.1, -0.05) is 93.6 Å². The van der Waals surface area contributed by atoms with Crippen molar-refractivity contribution in [2.24, 2.45) is 0 Å². The van der Waals surface area contributed by atoms with Gasteiger partial charge in [0.25, 0.3) is 0 Å². The number of rotatable bonds is 2. The molecule has 0 amide bonds. The molecular weight excluding hydrogens is 240 g/mol. The smallest absolute Gasteiger partial charge is 0.00612 e. The van der Waals surface area contributed by atoms with Crippen molar-refractivity contribution in [2.45, 2.75) is 26.7 Å². The first-order chi connectivity index (χ1) is 9.84. The second-order valence-corrected chi connectivity index (χ2v) is 4.74. The first-order valence-corrected chi connectivity index (χ1v) is 7.38. The number of hydrogen-bond donors (Lipinski definition) is 0. The molecule has 0 aliphatic rings. The van der Waals surface area contributed by atoms with Crippen molar-refractivity contribution in [3.8, 4) is 0 Å². The van der Waals surface area contributed by atoms with E-state index in [0.29, 0.717) is 5.92 Å². The molecule has 0 saturated heterocycles. The maximum absolute atomic E-state index is 2.30. The molecule has 0 aliphatic heterocycles. The molecule has 1 atom stereocenters. The van der Waals surface area contributed by atoms with E-state index in [-0.39, 0.29) is 0 Å². The summed E-state index contributed by atoms with van der Waals surface area (Å²) in [6, 6.07) is 25.9. The zero-order valence-corrected chi connectivity index (χ0v) is 12.5. The Kier molecular flexibility index (Phi) is 4.95. The minimum absolute atomic E-state index is 0.441. The van der Waals surface area contributed by atoms with Gasteiger partial charge in [-0.2, -0.15) is 0 Å². The topological polar surface area (TPSA) is 0 Å². The summed E-state index contributed by atoms with van der Waals surface area (Å²) in [6.45, 7) is 6.26. The summed E-state index contributed by atoms with van der Waals surface area (Å²) in [6.07, 6.45) is 0. The van der Waals surface area contributed by atoms with Gasteiger partial charge in [-0.25, -0.2) is 0 Å². The molecule has 0 heterocycles. The van der Waals surface area contributed by atoms with E-state index in [1.54, 1.807) is 0 Å². The average Bonchev–Trinajstić information content (AvgIpc) is 2.56. The van der Waals surface area contributed by atoms with Gasteiger partial charge in [-0.3, -0.25) is 0 Å². The summed E-state index contributed by atoms with van der Waals surface area (Å²) in [4.78, 5) is 0. The van der Waals surface area contributed by atoms with Crippen LogP contribution < -0.4 is 0 Å². The first-order valence-electron chi connectivity index (χ1n) is 7.38. The summed E-state index contributed by atoms with van der Waals surface area (Å²) in [5.74, 6) is 0.441. The summed E-state index contributed by atoms with van der Waals surface area (Å²) in [7, 11) is 0. The third-order valence-electron chi connectivity index (χ3n) is 3.57. The van der Waals surface area contributed by atoms with Crippen molar-refractivity contribution in [3.05, 3.63) is 83.9 Å². The lowest BCUT2D eigenvalue weighted by atomic mass is 9.92. The predicted molar refractivity (Wildman–Crippen MR) is 89.3 cm³/mol. The molecule has 0 heteroatoms. The van der Waals surface area contributed by atoms with Crippen LogP contribution in [0.5, 0.6) is 0 Å². The molecule has 3 aromatic carbocycles. The molecule has 3 rings (SSSR count). The van der Waals surface area contributed by atoms with Crippen LogP contribution in [0.1, 0.15) is 37.8 Å². The standard InChI is InChI=1S/C18H16.C2H6/c1-14(15-7-3-2-4-8-15)17-12-11-16-9-5-6-10-18(16)13-17;1-2/h2-14H,1H3;1-2H3. The molecule has 0 fully saturated rings. The fourth-order valence-electron chi connectivity index (χ4n) is 2.41. The fourth-order valence-corrected chi connectivity index (χ4v) is 2.41. The highest BCUT2D eigenvalue weighted by atomic mass is 14.1. The summed E-state index contributed by atoms with van der Waals surface area (Å²) in [5.41, 5.74) is 2.74. The molecule has 0 nitrogen and oxygen atoms in total. The molecule has 0 aliphatic carbocycles. The van der Waals surface area contributed by atoms with Gasteiger partial charge < -0.3 is 0 Å². The molecule has 20 heavy (non-hydrogen) atoms. The van der Waals surface area contributed by atoms with Gasteiger partial charge in [0.1, 0.15) is 0 Å². The van der Waals surface area contributed by atoms with E-state index in [0.717, 1.165) is 0 Å². The van der Waals surface area contributed by atoms with Crippen LogP contribution in [0.25, 0.3) is 10.8 Å². The second-order valence-electron chi connectivity index (χ2n) is 4.74. The molecule has 0 saturated carbocycles. The lowest BCUT2D eigenvalue weighted by molar-refractivity contribution is 0.925. The Morgan fingerprint density at radius 1 is 0.600 bits per heavy atom. The predicted octanol–water partition coefficient (Wildman–Crippen LogP) is 6.02. The Labute approximate surface area is 122 Å². The van der Waals surface area contributed by atoms with E-state index in [1.165, 1.54) is 21.9 Å². The van der Waals surface area contributed by atoms with Crippen molar-refractivity contribution in [1.29, 1.82) is 0 Å². The SMILES string of the molecule is CC.CC(c1ccccc1)c1ccc2ccccc2c1. The third kappa shape index (κ3) is 3.08. The average molecular weight is 262 g/mol. The Morgan fingerprint density at radius 3 is 1.90 bits per heavy atom. The van der Waals surface area contributed by atoms with Crippen LogP contribution in [-0.4, -0.2) is 0 Å². The fraction of sp³-hybridized carbons (Fsp3) is 0.200. The lowest BCUT2D eigenvalue weighted by Gasteiger charge is -2.13. The van der Waals surface area contributed by atoms with E-state index in [1.807, 2.05) is 13.8 Å². The van der Waals surface area contributed by atoms with Gasteiger partial charge in [0.2, 0.25) is 0 Å². The Hall–Kier alpha value is -2.08. The van der Waals surface area contributed by atoms with E-state index in [4.69, 9.17) is 0 Å². The molecule has 0 N–H and O–H groups in total. The highest BCUT2D eigenvalue weighted by Gasteiger charge is 2.07. The van der Waals surface area contributed by atoms with Gasteiger partial charge in [0, 0.05) is 5.92 Å². The third-order valence-corrected chi connectivity index (χ3v) is 3.57. The van der Waals surface area contributed by atoms with Crippen LogP contribution in [0.4, 0.5) is 0 Å². The van der Waals surface area contributed by atoms with E-state index in [9.17, 15) is 0 Å². The van der Waals surface area contributed by atoms with Crippen molar-refractivity contribution >= 4 is 10.8 Å². The molecule has 0 spiro atoms. The van der Waals surface area contributed by atoms with Crippen molar-refractivity contribution < 1.29 is 0 Å². The summed E-state index contributed by atoms with van der Waals surface area (Å²) in [5, 5.41) is 2.62. The summed E-state index contributed by atoms with van der Waals surface area (Å²) < 4.78 is 0. The van der Waals surface area contributed by atoms with Crippen molar-refractivity contribution in [1.82, 2.24) is 0 Å². The van der Waals surface area contributed by atoms with Gasteiger partial charge in [-0.15, -0.1) is 0 Å². The van der Waals surface area contributed by atoms with Crippen LogP contribution in [0.3, 0.4) is 0 Å². The second kappa shape index (κ2) is 6.91. The molecular formula is C20H22. The molecule has 0 bridgehead atoms. The molecule has 0 aromatic heterocycles. The van der Waals surface area contributed by atoms with E-state index in [2.05, 4.69) is 79.7 Å². The van der Waals surface area contributed by atoms with Crippen LogP contribution in [0.15, 0.2) is 72.8 Å². The van der Waals surface area contributed by atoms with Crippen LogP contribution in [-0.2, 0) is 0 Å². The zero-order chi connectivity index (χ0) is 14.4. The van der Waals surface area contributed by atoms with Gasteiger partial charge in [0.15, 0.2) is 0 Å². The van der Waals surface area contributed by atoms with Crippen LogP contribution >= 0.6 is 0 Å². The Balaban J connectivity index is 0.000000704. The summed E-state index contributed by atoms with van der Waals surface area (Å²) >= 11 is 0. The largest absolute Gasteiger partial charge is 0.0683 e. The monoisotopic (exact) mass is 262 g/mol. The quantitative estimate of drug-likeness (QED) is 0.530. The Morgan fingerprint density at radius 2 is 1.20 bits per heavy atom. The Bertz CT molecular complexity index is 653. The van der Waals surface area contributed by atoms with E-state index < -0.39 is 0 Å². The number of fused-ring (bicyclic) bond motifs is 1. The van der Waals surface area contributed by atoms with Gasteiger partial charge in [-0.05, 0) is 21.9 Å². The first kappa shape index (κ1) is 14.3. The maximum Gasteiger partial charge on any atom is 0.00612 e. The number of hydrogen-bond acceptors (Lipinski definition) is 0. The van der Waals surface area contributed by atoms with Crippen molar-refractivity contribution in [3.63, 3.8) is 0 Å². The minimum Gasteiger partial charge on any atom is -0.0683 e. The normalized spacial score (nSPS) is 11.6. The van der Waals surface area contributed by atoms with Gasteiger partial charge >= 0.3 is 0 Å². The van der Waals surface area contributed by atoms with Crippen LogP contribution in [0.2, 0.25) is 0 Å². The molecule has 3 aromatic rings. The minimum atomic E-state index is 0.441. The maximum atomic E-state index is 2.30. The van der Waals surface area contributed by atoms with Crippen LogP contribution in [0, 0.1) is 0 Å². The van der Waals surface area contributed by atoms with Gasteiger partial charge in [0.05, 0.1) is 0 Å².